The minimum Gasteiger partial charge on any atom is -0.349 e. The lowest BCUT2D eigenvalue weighted by Crippen LogP contribution is -2.67. The first-order valence-corrected chi connectivity index (χ1v) is 14.8. The molecule has 2 N–H and O–H groups in total. The van der Waals surface area contributed by atoms with E-state index in [-0.39, 0.29) is 23.7 Å². The van der Waals surface area contributed by atoms with Gasteiger partial charge in [0.25, 0.3) is 0 Å². The van der Waals surface area contributed by atoms with Crippen molar-refractivity contribution in [3.63, 3.8) is 0 Å². The number of carbonyl (C=O) groups is 3. The maximum absolute atomic E-state index is 15.0. The molecule has 1 aliphatic carbocycles. The Kier molecular flexibility index (Phi) is 8.49. The van der Waals surface area contributed by atoms with Crippen LogP contribution in [0.4, 0.5) is 4.39 Å². The summed E-state index contributed by atoms with van der Waals surface area (Å²) in [5, 5.41) is 6.00. The van der Waals surface area contributed by atoms with Gasteiger partial charge in [0.15, 0.2) is 0 Å². The Morgan fingerprint density at radius 2 is 1.76 bits per heavy atom. The van der Waals surface area contributed by atoms with Gasteiger partial charge in [-0.15, -0.1) is 0 Å². The van der Waals surface area contributed by atoms with Crippen LogP contribution in [0.25, 0.3) is 0 Å². The van der Waals surface area contributed by atoms with Crippen LogP contribution in [0.2, 0.25) is 0 Å². The molecule has 3 amide bonds. The standard InChI is InChI=1S/C30H37FIN3O3/c1-17(2)12-24-27(36)33-25(22-13-18-8-6-7-9-19(18)14-22)29(38)35(24)26(28(37)34-30(3,4)5)20-10-11-21(16-32)23(31)15-20/h6-11,15,17,22,24-26H,12-14,16H2,1-5H3,(H,33,36)(H,34,37)/t24-,25?,26-/m1/s1. The number of alkyl halides is 1. The molecular formula is C30H37FIN3O3. The third kappa shape index (κ3) is 6.05. The van der Waals surface area contributed by atoms with Crippen molar-refractivity contribution in [1.82, 2.24) is 15.5 Å². The SMILES string of the molecule is CC(C)C[C@@H]1C(=O)NC(C2Cc3ccccc3C2)C(=O)N1[C@@H](C(=O)NC(C)(C)C)c1ccc(CI)c(F)c1. The van der Waals surface area contributed by atoms with E-state index in [4.69, 9.17) is 0 Å². The summed E-state index contributed by atoms with van der Waals surface area (Å²) in [4.78, 5) is 43.3. The van der Waals surface area contributed by atoms with Crippen molar-refractivity contribution in [3.8, 4) is 0 Å². The highest BCUT2D eigenvalue weighted by Crippen LogP contribution is 2.36. The molecule has 0 aromatic heterocycles. The molecule has 0 spiro atoms. The molecule has 1 fully saturated rings. The maximum atomic E-state index is 15.0. The van der Waals surface area contributed by atoms with Crippen LogP contribution in [0.15, 0.2) is 42.5 Å². The van der Waals surface area contributed by atoms with Gasteiger partial charge < -0.3 is 15.5 Å². The first-order valence-electron chi connectivity index (χ1n) is 13.2. The van der Waals surface area contributed by atoms with E-state index in [0.29, 0.717) is 34.8 Å². The van der Waals surface area contributed by atoms with Gasteiger partial charge in [-0.2, -0.15) is 0 Å². The lowest BCUT2D eigenvalue weighted by atomic mass is 9.87. The number of nitrogens with zero attached hydrogens (tertiary/aromatic N) is 1. The second-order valence-corrected chi connectivity index (χ2v) is 12.7. The predicted molar refractivity (Wildman–Crippen MR) is 154 cm³/mol. The van der Waals surface area contributed by atoms with Crippen LogP contribution in [0.1, 0.15) is 69.3 Å². The van der Waals surface area contributed by atoms with E-state index in [2.05, 4.69) is 45.4 Å². The lowest BCUT2D eigenvalue weighted by Gasteiger charge is -2.45. The van der Waals surface area contributed by atoms with Crippen molar-refractivity contribution < 1.29 is 18.8 Å². The van der Waals surface area contributed by atoms with Crippen molar-refractivity contribution in [2.45, 2.75) is 82.0 Å². The van der Waals surface area contributed by atoms with Crippen molar-refractivity contribution in [1.29, 1.82) is 0 Å². The molecule has 2 aliphatic rings. The minimum atomic E-state index is -1.14. The van der Waals surface area contributed by atoms with Gasteiger partial charge in [0.2, 0.25) is 17.7 Å². The smallest absolute Gasteiger partial charge is 0.247 e. The summed E-state index contributed by atoms with van der Waals surface area (Å²) in [6.07, 6.45) is 1.74. The monoisotopic (exact) mass is 633 g/mol. The van der Waals surface area contributed by atoms with Gasteiger partial charge in [-0.25, -0.2) is 4.39 Å². The van der Waals surface area contributed by atoms with E-state index < -0.39 is 35.4 Å². The second kappa shape index (κ2) is 11.3. The van der Waals surface area contributed by atoms with Crippen LogP contribution < -0.4 is 10.6 Å². The third-order valence-corrected chi connectivity index (χ3v) is 8.09. The molecule has 2 aromatic carbocycles. The summed E-state index contributed by atoms with van der Waals surface area (Å²) in [6.45, 7) is 9.54. The number of rotatable bonds is 7. The number of benzene rings is 2. The molecule has 2 aromatic rings. The Labute approximate surface area is 238 Å². The second-order valence-electron chi connectivity index (χ2n) is 11.9. The highest BCUT2D eigenvalue weighted by Gasteiger charge is 2.49. The molecule has 1 unspecified atom stereocenters. The van der Waals surface area contributed by atoms with Gasteiger partial charge in [-0.1, -0.05) is 72.8 Å². The number of piperazine rings is 1. The Morgan fingerprint density at radius 3 is 2.29 bits per heavy atom. The fraction of sp³-hybridized carbons (Fsp3) is 0.500. The van der Waals surface area contributed by atoms with E-state index in [1.165, 1.54) is 22.1 Å². The van der Waals surface area contributed by atoms with Crippen LogP contribution in [-0.2, 0) is 31.7 Å². The molecule has 3 atom stereocenters. The van der Waals surface area contributed by atoms with E-state index in [0.717, 1.165) is 0 Å². The number of halogens is 2. The van der Waals surface area contributed by atoms with Crippen molar-refractivity contribution in [2.24, 2.45) is 11.8 Å². The number of carbonyl (C=O) groups excluding carboxylic acids is 3. The number of hydrogen-bond acceptors (Lipinski definition) is 3. The molecule has 1 saturated heterocycles. The summed E-state index contributed by atoms with van der Waals surface area (Å²) in [5.41, 5.74) is 2.65. The van der Waals surface area contributed by atoms with Crippen LogP contribution >= 0.6 is 22.6 Å². The predicted octanol–water partition coefficient (Wildman–Crippen LogP) is 4.87. The average molecular weight is 634 g/mol. The first kappa shape index (κ1) is 28.5. The molecule has 8 heteroatoms. The molecule has 4 rings (SSSR count). The van der Waals surface area contributed by atoms with Crippen LogP contribution in [0.5, 0.6) is 0 Å². The highest BCUT2D eigenvalue weighted by molar-refractivity contribution is 14.1. The quantitative estimate of drug-likeness (QED) is 0.338. The molecule has 1 heterocycles. The first-order chi connectivity index (χ1) is 17.9. The van der Waals surface area contributed by atoms with Crippen LogP contribution in [0, 0.1) is 17.7 Å². The lowest BCUT2D eigenvalue weighted by molar-refractivity contribution is -0.158. The topological polar surface area (TPSA) is 78.5 Å². The molecule has 6 nitrogen and oxygen atoms in total. The highest BCUT2D eigenvalue weighted by atomic mass is 127. The van der Waals surface area contributed by atoms with Gasteiger partial charge in [-0.3, -0.25) is 14.4 Å². The van der Waals surface area contributed by atoms with Gasteiger partial charge in [0.05, 0.1) is 0 Å². The molecule has 0 saturated carbocycles. The molecule has 38 heavy (non-hydrogen) atoms. The Balaban J connectivity index is 1.79. The van der Waals surface area contributed by atoms with Gasteiger partial charge >= 0.3 is 0 Å². The number of hydrogen-bond donors (Lipinski definition) is 2. The van der Waals surface area contributed by atoms with Crippen molar-refractivity contribution in [2.75, 3.05) is 0 Å². The number of nitrogens with one attached hydrogen (secondary N) is 2. The van der Waals surface area contributed by atoms with Crippen LogP contribution in [-0.4, -0.2) is 40.2 Å². The summed E-state index contributed by atoms with van der Waals surface area (Å²) in [5.74, 6) is -1.43. The Hall–Kier alpha value is -2.49. The normalized spacial score (nSPS) is 20.9. The van der Waals surface area contributed by atoms with Crippen molar-refractivity contribution in [3.05, 3.63) is 70.5 Å². The summed E-state index contributed by atoms with van der Waals surface area (Å²) in [6, 6.07) is 10.0. The fourth-order valence-corrected chi connectivity index (χ4v) is 6.21. The Bertz CT molecular complexity index is 1200. The summed E-state index contributed by atoms with van der Waals surface area (Å²) >= 11 is 2.09. The Morgan fingerprint density at radius 1 is 1.13 bits per heavy atom. The van der Waals surface area contributed by atoms with Gasteiger partial charge in [-0.05, 0) is 80.2 Å². The average Bonchev–Trinajstić information content (AvgIpc) is 3.26. The minimum absolute atomic E-state index is 0.0952. The summed E-state index contributed by atoms with van der Waals surface area (Å²) < 4.78 is 15.5. The summed E-state index contributed by atoms with van der Waals surface area (Å²) in [7, 11) is 0. The maximum Gasteiger partial charge on any atom is 0.247 e. The zero-order chi connectivity index (χ0) is 27.8. The molecule has 0 bridgehead atoms. The third-order valence-electron chi connectivity index (χ3n) is 7.27. The largest absolute Gasteiger partial charge is 0.349 e. The van der Waals surface area contributed by atoms with Gasteiger partial charge in [0.1, 0.15) is 23.9 Å². The van der Waals surface area contributed by atoms with Crippen LogP contribution in [0.3, 0.4) is 0 Å². The van der Waals surface area contributed by atoms with E-state index >= 15 is 4.39 Å². The van der Waals surface area contributed by atoms with E-state index in [1.54, 1.807) is 12.1 Å². The van der Waals surface area contributed by atoms with Gasteiger partial charge in [0, 0.05) is 9.97 Å². The number of fused-ring (bicyclic) bond motifs is 1. The zero-order valence-corrected chi connectivity index (χ0v) is 24.8. The van der Waals surface area contributed by atoms with E-state index in [9.17, 15) is 14.4 Å². The fourth-order valence-electron chi connectivity index (χ4n) is 5.59. The molecular weight excluding hydrogens is 596 g/mol. The van der Waals surface area contributed by atoms with Crippen molar-refractivity contribution >= 4 is 40.3 Å². The number of amides is 3. The van der Waals surface area contributed by atoms with E-state index in [1.807, 2.05) is 46.8 Å². The molecule has 1 aliphatic heterocycles. The molecule has 0 radical (unpaired) electrons. The zero-order valence-electron chi connectivity index (χ0n) is 22.7. The molecule has 204 valence electrons.